The van der Waals surface area contributed by atoms with Crippen molar-refractivity contribution in [1.29, 1.82) is 0 Å². The molecule has 1 aliphatic rings. The Balaban J connectivity index is 0.000000755. The van der Waals surface area contributed by atoms with E-state index in [1.165, 1.54) is 0 Å². The molecular formula is C20H22FN5O3. The van der Waals surface area contributed by atoms with Crippen molar-refractivity contribution in [2.45, 2.75) is 26.3 Å². The molecule has 1 aliphatic heterocycles. The fraction of sp³-hybridized carbons (Fsp3) is 0.300. The number of carbonyl (C=O) groups excluding carboxylic acids is 1. The van der Waals surface area contributed by atoms with Gasteiger partial charge in [-0.25, -0.2) is 4.39 Å². The minimum Gasteiger partial charge on any atom is -0.483 e. The van der Waals surface area contributed by atoms with Crippen LogP contribution in [0.15, 0.2) is 36.7 Å². The van der Waals surface area contributed by atoms with Crippen LogP contribution in [-0.2, 0) is 16.1 Å². The summed E-state index contributed by atoms with van der Waals surface area (Å²) in [4.78, 5) is 25.7. The van der Waals surface area contributed by atoms with Crippen molar-refractivity contribution < 1.29 is 19.1 Å². The topological polar surface area (TPSA) is 104 Å². The summed E-state index contributed by atoms with van der Waals surface area (Å²) in [5.74, 6) is -0.206. The normalized spacial score (nSPS) is 13.6. The van der Waals surface area contributed by atoms with E-state index in [-0.39, 0.29) is 18.2 Å². The van der Waals surface area contributed by atoms with Crippen LogP contribution in [0.1, 0.15) is 24.1 Å². The zero-order chi connectivity index (χ0) is 20.8. The fourth-order valence-electron chi connectivity index (χ4n) is 3.42. The van der Waals surface area contributed by atoms with Gasteiger partial charge in [-0.05, 0) is 25.0 Å². The van der Waals surface area contributed by atoms with Crippen LogP contribution in [0.4, 0.5) is 4.39 Å². The summed E-state index contributed by atoms with van der Waals surface area (Å²) in [7, 11) is 0. The molecule has 0 bridgehead atoms. The summed E-state index contributed by atoms with van der Waals surface area (Å²) < 4.78 is 16.6. The van der Waals surface area contributed by atoms with E-state index in [4.69, 9.17) is 9.90 Å². The molecule has 1 aromatic carbocycles. The number of rotatable bonds is 4. The number of hydrogen-bond donors (Lipinski definition) is 2. The lowest BCUT2D eigenvalue weighted by atomic mass is 9.99. The maximum absolute atomic E-state index is 14.9. The number of nitrogens with one attached hydrogen (secondary N) is 1. The Morgan fingerprint density at radius 2 is 2.21 bits per heavy atom. The maximum Gasteiger partial charge on any atom is 0.290 e. The first-order valence-electron chi connectivity index (χ1n) is 9.20. The van der Waals surface area contributed by atoms with Crippen LogP contribution in [0.25, 0.3) is 16.5 Å². The van der Waals surface area contributed by atoms with E-state index in [0.717, 1.165) is 23.1 Å². The lowest BCUT2D eigenvalue weighted by Gasteiger charge is -2.28. The van der Waals surface area contributed by atoms with E-state index in [2.05, 4.69) is 15.3 Å². The summed E-state index contributed by atoms with van der Waals surface area (Å²) in [6.45, 7) is 3.24. The monoisotopic (exact) mass is 399 g/mol. The van der Waals surface area contributed by atoms with Crippen LogP contribution in [0.3, 0.4) is 0 Å². The van der Waals surface area contributed by atoms with Gasteiger partial charge in [-0.1, -0.05) is 23.4 Å². The molecule has 3 aromatic rings. The Labute approximate surface area is 166 Å². The van der Waals surface area contributed by atoms with E-state index >= 15 is 0 Å². The molecule has 29 heavy (non-hydrogen) atoms. The van der Waals surface area contributed by atoms with E-state index < -0.39 is 0 Å². The molecule has 0 spiro atoms. The number of nitrogens with zero attached hydrogens (tertiary/aromatic N) is 4. The molecule has 1 amide bonds. The predicted octanol–water partition coefficient (Wildman–Crippen LogP) is 2.61. The van der Waals surface area contributed by atoms with E-state index in [0.29, 0.717) is 37.1 Å². The Bertz CT molecular complexity index is 1030. The van der Waals surface area contributed by atoms with Crippen molar-refractivity contribution in [1.82, 2.24) is 24.9 Å². The molecule has 0 aliphatic carbocycles. The average Bonchev–Trinajstić information content (AvgIpc) is 3.36. The first kappa shape index (κ1) is 20.2. The van der Waals surface area contributed by atoms with E-state index in [1.807, 2.05) is 25.1 Å². The molecule has 0 fully saturated rings. The number of aromatic nitrogens is 4. The summed E-state index contributed by atoms with van der Waals surface area (Å²) >= 11 is 0. The van der Waals surface area contributed by atoms with Crippen molar-refractivity contribution in [3.8, 4) is 0 Å². The number of fused-ring (bicyclic) bond motifs is 1. The Hall–Kier alpha value is -3.49. The molecule has 152 valence electrons. The van der Waals surface area contributed by atoms with Gasteiger partial charge < -0.3 is 15.0 Å². The largest absolute Gasteiger partial charge is 0.483 e. The number of aryl methyl sites for hydroxylation is 2. The average molecular weight is 399 g/mol. The maximum atomic E-state index is 14.9. The lowest BCUT2D eigenvalue weighted by Crippen LogP contribution is -2.36. The molecule has 0 atom stereocenters. The van der Waals surface area contributed by atoms with Gasteiger partial charge in [-0.2, -0.15) is 0 Å². The quantitative estimate of drug-likeness (QED) is 0.657. The third-order valence-electron chi connectivity index (χ3n) is 4.74. The van der Waals surface area contributed by atoms with Gasteiger partial charge in [0.15, 0.2) is 5.82 Å². The van der Waals surface area contributed by atoms with Gasteiger partial charge in [-0.15, -0.1) is 5.10 Å². The molecule has 2 aromatic heterocycles. The summed E-state index contributed by atoms with van der Waals surface area (Å²) in [6.07, 6.45) is 6.44. The number of amides is 1. The number of carbonyl (C=O) groups is 2. The summed E-state index contributed by atoms with van der Waals surface area (Å²) in [5, 5.41) is 15.4. The van der Waals surface area contributed by atoms with Gasteiger partial charge in [0.2, 0.25) is 5.91 Å². The number of benzene rings is 1. The second kappa shape index (κ2) is 9.13. The minimum absolute atomic E-state index is 0.0447. The molecule has 9 heteroatoms. The highest BCUT2D eigenvalue weighted by Gasteiger charge is 2.21. The Morgan fingerprint density at radius 3 is 2.93 bits per heavy atom. The third kappa shape index (κ3) is 4.68. The molecule has 4 rings (SSSR count). The highest BCUT2D eigenvalue weighted by molar-refractivity contribution is 5.87. The van der Waals surface area contributed by atoms with Crippen LogP contribution < -0.4 is 0 Å². The SMILES string of the molecule is Cc1cc2ccc(C3=CCCN(C(=O)CCn4ccnn4)C3)c(F)c2[nH]1.O=CO. The Kier molecular flexibility index (Phi) is 6.38. The van der Waals surface area contributed by atoms with Crippen LogP contribution in [0.2, 0.25) is 0 Å². The van der Waals surface area contributed by atoms with Crippen LogP contribution in [-0.4, -0.2) is 55.5 Å². The fourth-order valence-corrected chi connectivity index (χ4v) is 3.42. The highest BCUT2D eigenvalue weighted by atomic mass is 19.1. The van der Waals surface area contributed by atoms with Gasteiger partial charge in [0, 0.05) is 42.4 Å². The molecule has 8 nitrogen and oxygen atoms in total. The highest BCUT2D eigenvalue weighted by Crippen LogP contribution is 2.29. The van der Waals surface area contributed by atoms with Gasteiger partial charge >= 0.3 is 0 Å². The smallest absolute Gasteiger partial charge is 0.290 e. The number of halogens is 1. The molecule has 2 N–H and O–H groups in total. The first-order valence-corrected chi connectivity index (χ1v) is 9.20. The number of H-pyrrole nitrogens is 1. The minimum atomic E-state index is -0.251. The van der Waals surface area contributed by atoms with Gasteiger partial charge in [-0.3, -0.25) is 14.3 Å². The predicted molar refractivity (Wildman–Crippen MR) is 105 cm³/mol. The summed E-state index contributed by atoms with van der Waals surface area (Å²) in [5.41, 5.74) is 2.87. The van der Waals surface area contributed by atoms with Crippen molar-refractivity contribution in [2.24, 2.45) is 0 Å². The molecule has 3 heterocycles. The van der Waals surface area contributed by atoms with E-state index in [1.54, 1.807) is 28.0 Å². The standard InChI is InChI=1S/C19H20FN5O.CH2O2/c1-13-11-14-4-5-16(18(20)19(14)22-13)15-3-2-8-24(12-15)17(26)6-9-25-10-7-21-23-25;2-1-3/h3-5,7,10-11,22H,2,6,8-9,12H2,1H3;1H,(H,2,3). The molecule has 0 saturated heterocycles. The van der Waals surface area contributed by atoms with Crippen molar-refractivity contribution in [2.75, 3.05) is 13.1 Å². The van der Waals surface area contributed by atoms with Crippen molar-refractivity contribution >= 4 is 28.9 Å². The molecule has 0 unspecified atom stereocenters. The van der Waals surface area contributed by atoms with Gasteiger partial charge in [0.25, 0.3) is 6.47 Å². The van der Waals surface area contributed by atoms with Gasteiger partial charge in [0.05, 0.1) is 18.3 Å². The van der Waals surface area contributed by atoms with E-state index in [9.17, 15) is 9.18 Å². The zero-order valence-electron chi connectivity index (χ0n) is 16.0. The molecule has 0 saturated carbocycles. The third-order valence-corrected chi connectivity index (χ3v) is 4.74. The molecular weight excluding hydrogens is 377 g/mol. The number of aromatic amines is 1. The lowest BCUT2D eigenvalue weighted by molar-refractivity contribution is -0.131. The first-order chi connectivity index (χ1) is 14.0. The second-order valence-corrected chi connectivity index (χ2v) is 6.70. The van der Waals surface area contributed by atoms with Crippen LogP contribution >= 0.6 is 0 Å². The second-order valence-electron chi connectivity index (χ2n) is 6.70. The summed E-state index contributed by atoms with van der Waals surface area (Å²) in [6, 6.07) is 5.65. The van der Waals surface area contributed by atoms with Crippen LogP contribution in [0, 0.1) is 12.7 Å². The van der Waals surface area contributed by atoms with Gasteiger partial charge in [0.1, 0.15) is 0 Å². The van der Waals surface area contributed by atoms with Crippen molar-refractivity contribution in [3.05, 3.63) is 53.7 Å². The zero-order valence-corrected chi connectivity index (χ0v) is 16.0. The van der Waals surface area contributed by atoms with Crippen LogP contribution in [0.5, 0.6) is 0 Å². The van der Waals surface area contributed by atoms with Crippen molar-refractivity contribution in [3.63, 3.8) is 0 Å². The number of carboxylic acid groups (broad SMARTS) is 1. The number of hydrogen-bond acceptors (Lipinski definition) is 4. The molecule has 0 radical (unpaired) electrons. The Morgan fingerprint density at radius 1 is 1.41 bits per heavy atom.